The number of aromatic amines is 1. The van der Waals surface area contributed by atoms with E-state index in [9.17, 15) is 14.7 Å². The fourth-order valence-corrected chi connectivity index (χ4v) is 4.43. The molecule has 4 N–H and O–H groups in total. The van der Waals surface area contributed by atoms with Gasteiger partial charge in [0.25, 0.3) is 11.8 Å². The van der Waals surface area contributed by atoms with Gasteiger partial charge in [0.1, 0.15) is 0 Å². The number of para-hydroxylation sites is 1. The summed E-state index contributed by atoms with van der Waals surface area (Å²) in [4.78, 5) is 31.0. The van der Waals surface area contributed by atoms with Gasteiger partial charge in [-0.1, -0.05) is 42.5 Å². The summed E-state index contributed by atoms with van der Waals surface area (Å²) in [6.45, 7) is 2.37. The normalized spacial score (nSPS) is 20.6. The van der Waals surface area contributed by atoms with Crippen molar-refractivity contribution in [2.75, 3.05) is 25.5 Å². The Morgan fingerprint density at radius 3 is 2.44 bits per heavy atom. The molecule has 2 heterocycles. The molecule has 4 rings (SSSR count). The molecular formula is C25H28N4O3. The number of hydrogen-bond donors (Lipinski definition) is 4. The molecule has 3 aromatic rings. The van der Waals surface area contributed by atoms with E-state index in [-0.39, 0.29) is 18.4 Å². The smallest absolute Gasteiger partial charge is 0.255 e. The number of hydrogen-bond acceptors (Lipinski definition) is 4. The van der Waals surface area contributed by atoms with Crippen LogP contribution in [0.5, 0.6) is 0 Å². The van der Waals surface area contributed by atoms with Crippen LogP contribution in [0, 0.1) is 6.92 Å². The summed E-state index contributed by atoms with van der Waals surface area (Å²) in [6, 6.07) is 18.5. The van der Waals surface area contributed by atoms with Gasteiger partial charge >= 0.3 is 0 Å². The largest absolute Gasteiger partial charge is 0.388 e. The Labute approximate surface area is 187 Å². The van der Waals surface area contributed by atoms with Gasteiger partial charge in [0.15, 0.2) is 0 Å². The summed E-state index contributed by atoms with van der Waals surface area (Å²) < 4.78 is 0. The number of H-pyrrole nitrogens is 1. The second-order valence-electron chi connectivity index (χ2n) is 8.12. The first-order chi connectivity index (χ1) is 15.5. The Morgan fingerprint density at radius 1 is 1.06 bits per heavy atom. The quantitative estimate of drug-likeness (QED) is 0.498. The van der Waals surface area contributed by atoms with E-state index < -0.39 is 11.6 Å². The van der Waals surface area contributed by atoms with Crippen molar-refractivity contribution in [2.45, 2.75) is 25.0 Å². The van der Waals surface area contributed by atoms with E-state index in [1.807, 2.05) is 55.5 Å². The highest BCUT2D eigenvalue weighted by atomic mass is 16.3. The third kappa shape index (κ3) is 3.87. The fraction of sp³-hybridized carbons (Fsp3) is 0.280. The number of aryl methyl sites for hydroxylation is 1. The van der Waals surface area contributed by atoms with E-state index >= 15 is 0 Å². The summed E-state index contributed by atoms with van der Waals surface area (Å²) in [5.41, 5.74) is 2.39. The molecule has 32 heavy (non-hydrogen) atoms. The molecule has 2 atom stereocenters. The van der Waals surface area contributed by atoms with Crippen LogP contribution >= 0.6 is 0 Å². The molecule has 1 aliphatic heterocycles. The second kappa shape index (κ2) is 8.88. The number of aliphatic hydroxyl groups is 1. The zero-order valence-electron chi connectivity index (χ0n) is 18.3. The van der Waals surface area contributed by atoms with Crippen molar-refractivity contribution in [1.82, 2.24) is 15.2 Å². The van der Waals surface area contributed by atoms with Gasteiger partial charge < -0.3 is 25.6 Å². The number of likely N-dealkylation sites (tertiary alicyclic amines) is 1. The van der Waals surface area contributed by atoms with Crippen LogP contribution in [0.25, 0.3) is 0 Å². The van der Waals surface area contributed by atoms with Crippen LogP contribution in [0.1, 0.15) is 38.4 Å². The van der Waals surface area contributed by atoms with E-state index in [1.165, 1.54) is 0 Å². The van der Waals surface area contributed by atoms with Crippen LogP contribution in [-0.2, 0) is 5.54 Å². The lowest BCUT2D eigenvalue weighted by Gasteiger charge is -2.46. The summed E-state index contributed by atoms with van der Waals surface area (Å²) in [7, 11) is 1.76. The Balaban J connectivity index is 1.64. The molecule has 1 saturated heterocycles. The fourth-order valence-electron chi connectivity index (χ4n) is 4.43. The van der Waals surface area contributed by atoms with Crippen molar-refractivity contribution < 1.29 is 14.7 Å². The Kier molecular flexibility index (Phi) is 6.01. The van der Waals surface area contributed by atoms with Crippen LogP contribution in [0.2, 0.25) is 0 Å². The van der Waals surface area contributed by atoms with E-state index in [1.54, 1.807) is 30.3 Å². The molecule has 1 aliphatic rings. The van der Waals surface area contributed by atoms with Crippen molar-refractivity contribution in [2.24, 2.45) is 0 Å². The maximum atomic E-state index is 13.3. The predicted molar refractivity (Wildman–Crippen MR) is 124 cm³/mol. The monoisotopic (exact) mass is 432 g/mol. The van der Waals surface area contributed by atoms with Crippen molar-refractivity contribution >= 4 is 17.5 Å². The predicted octanol–water partition coefficient (Wildman–Crippen LogP) is 2.90. The molecular weight excluding hydrogens is 404 g/mol. The van der Waals surface area contributed by atoms with Crippen molar-refractivity contribution in [1.29, 1.82) is 0 Å². The minimum atomic E-state index is -1.01. The number of carbonyl (C=O) groups is 2. The topological polar surface area (TPSA) is 97.5 Å². The molecule has 1 fully saturated rings. The summed E-state index contributed by atoms with van der Waals surface area (Å²) >= 11 is 0. The van der Waals surface area contributed by atoms with Gasteiger partial charge in [0.2, 0.25) is 0 Å². The SMILES string of the molecule is CNc1ccccc1C(=O)N[C@@]1(c2ccccc2)CCN(C(=O)c2cc[nH]c2C)C[C@H]1O. The number of rotatable bonds is 5. The zero-order chi connectivity index (χ0) is 22.7. The van der Waals surface area contributed by atoms with E-state index in [4.69, 9.17) is 0 Å². The Bertz CT molecular complexity index is 1110. The highest BCUT2D eigenvalue weighted by Crippen LogP contribution is 2.35. The molecule has 2 amide bonds. The van der Waals surface area contributed by atoms with Gasteiger partial charge in [-0.05, 0) is 37.1 Å². The first-order valence-electron chi connectivity index (χ1n) is 10.7. The minimum absolute atomic E-state index is 0.117. The Hall–Kier alpha value is -3.58. The number of aromatic nitrogens is 1. The average Bonchev–Trinajstić information content (AvgIpc) is 3.26. The Morgan fingerprint density at radius 2 is 1.78 bits per heavy atom. The molecule has 0 saturated carbocycles. The zero-order valence-corrected chi connectivity index (χ0v) is 18.3. The summed E-state index contributed by atoms with van der Waals surface area (Å²) in [6.07, 6.45) is 1.14. The number of aliphatic hydroxyl groups excluding tert-OH is 1. The van der Waals surface area contributed by atoms with E-state index in [0.29, 0.717) is 29.8 Å². The number of nitrogens with one attached hydrogen (secondary N) is 3. The maximum Gasteiger partial charge on any atom is 0.255 e. The molecule has 0 bridgehead atoms. The molecule has 0 radical (unpaired) electrons. The van der Waals surface area contributed by atoms with Gasteiger partial charge in [-0.3, -0.25) is 9.59 Å². The number of amides is 2. The number of nitrogens with zero attached hydrogens (tertiary/aromatic N) is 1. The lowest BCUT2D eigenvalue weighted by atomic mass is 9.78. The van der Waals surface area contributed by atoms with Crippen molar-refractivity contribution in [3.05, 3.63) is 89.2 Å². The first kappa shape index (κ1) is 21.6. The number of β-amino-alcohol motifs (C(OH)–C–C–N with tert-alkyl or cyclic N) is 1. The van der Waals surface area contributed by atoms with Crippen LogP contribution in [-0.4, -0.2) is 53.0 Å². The lowest BCUT2D eigenvalue weighted by molar-refractivity contribution is -0.0107. The summed E-state index contributed by atoms with van der Waals surface area (Å²) in [5, 5.41) is 17.5. The van der Waals surface area contributed by atoms with Crippen LogP contribution in [0.15, 0.2) is 66.9 Å². The van der Waals surface area contributed by atoms with Crippen molar-refractivity contribution in [3.8, 4) is 0 Å². The van der Waals surface area contributed by atoms with E-state index in [0.717, 1.165) is 11.3 Å². The van der Waals surface area contributed by atoms with Gasteiger partial charge in [0, 0.05) is 37.7 Å². The average molecular weight is 433 g/mol. The molecule has 0 aliphatic carbocycles. The molecule has 0 unspecified atom stereocenters. The highest BCUT2D eigenvalue weighted by Gasteiger charge is 2.46. The maximum absolute atomic E-state index is 13.3. The molecule has 1 aromatic heterocycles. The number of benzene rings is 2. The van der Waals surface area contributed by atoms with Crippen molar-refractivity contribution in [3.63, 3.8) is 0 Å². The number of carbonyl (C=O) groups excluding carboxylic acids is 2. The highest BCUT2D eigenvalue weighted by molar-refractivity contribution is 6.00. The number of piperidine rings is 1. The van der Waals surface area contributed by atoms with Gasteiger partial charge in [-0.15, -0.1) is 0 Å². The van der Waals surface area contributed by atoms with Crippen LogP contribution in [0.3, 0.4) is 0 Å². The summed E-state index contributed by atoms with van der Waals surface area (Å²) in [5.74, 6) is -0.407. The molecule has 166 valence electrons. The molecule has 0 spiro atoms. The van der Waals surface area contributed by atoms with Gasteiger partial charge in [-0.2, -0.15) is 0 Å². The minimum Gasteiger partial charge on any atom is -0.388 e. The third-order valence-electron chi connectivity index (χ3n) is 6.28. The third-order valence-corrected chi connectivity index (χ3v) is 6.28. The van der Waals surface area contributed by atoms with Crippen LogP contribution in [0.4, 0.5) is 5.69 Å². The van der Waals surface area contributed by atoms with Gasteiger partial charge in [-0.25, -0.2) is 0 Å². The lowest BCUT2D eigenvalue weighted by Crippen LogP contribution is -2.62. The molecule has 7 nitrogen and oxygen atoms in total. The first-order valence-corrected chi connectivity index (χ1v) is 10.7. The molecule has 7 heteroatoms. The van der Waals surface area contributed by atoms with E-state index in [2.05, 4.69) is 15.6 Å². The van der Waals surface area contributed by atoms with Gasteiger partial charge in [0.05, 0.1) is 22.8 Å². The number of anilines is 1. The van der Waals surface area contributed by atoms with Crippen LogP contribution < -0.4 is 10.6 Å². The second-order valence-corrected chi connectivity index (χ2v) is 8.12. The standard InChI is InChI=1S/C25H28N4O3/c1-17-19(12-14-27-17)24(32)29-15-13-25(22(30)16-29,18-8-4-3-5-9-18)28-23(31)20-10-6-7-11-21(20)26-2/h3-12,14,22,26-27,30H,13,15-16H2,1-2H3,(H,28,31)/t22-,25-/m1/s1. The molecule has 2 aromatic carbocycles.